The molecule has 0 unspecified atom stereocenters. The number of rotatable bonds is 4. The van der Waals surface area contributed by atoms with Crippen molar-refractivity contribution in [2.75, 3.05) is 26.2 Å². The van der Waals surface area contributed by atoms with Gasteiger partial charge in [0, 0.05) is 45.1 Å². The number of aromatic nitrogens is 1. The number of carbonyl (C=O) groups is 1. The molecule has 1 saturated heterocycles. The molecule has 2 aliphatic heterocycles. The summed E-state index contributed by atoms with van der Waals surface area (Å²) in [5, 5.41) is 0. The average molecular weight is 375 g/mol. The quantitative estimate of drug-likeness (QED) is 0.821. The van der Waals surface area contributed by atoms with Gasteiger partial charge in [-0.25, -0.2) is 0 Å². The minimum absolute atomic E-state index is 0.0512. The van der Waals surface area contributed by atoms with Gasteiger partial charge in [-0.05, 0) is 35.4 Å². The number of ether oxygens (including phenoxy) is 2. The van der Waals surface area contributed by atoms with Crippen LogP contribution >= 0.6 is 0 Å². The first kappa shape index (κ1) is 17.7. The summed E-state index contributed by atoms with van der Waals surface area (Å²) >= 11 is 0. The molecule has 1 aromatic carbocycles. The largest absolute Gasteiger partial charge is 0.586 e. The van der Waals surface area contributed by atoms with Crippen molar-refractivity contribution in [1.29, 1.82) is 0 Å². The number of alkyl halides is 2. The van der Waals surface area contributed by atoms with E-state index in [4.69, 9.17) is 0 Å². The van der Waals surface area contributed by atoms with Crippen LogP contribution in [0.2, 0.25) is 0 Å². The lowest BCUT2D eigenvalue weighted by molar-refractivity contribution is -0.286. The van der Waals surface area contributed by atoms with Gasteiger partial charge in [-0.15, -0.1) is 8.78 Å². The van der Waals surface area contributed by atoms with Crippen molar-refractivity contribution in [3.63, 3.8) is 0 Å². The van der Waals surface area contributed by atoms with Crippen LogP contribution in [0.15, 0.2) is 42.7 Å². The van der Waals surface area contributed by atoms with E-state index in [0.717, 1.165) is 24.2 Å². The number of pyridine rings is 1. The highest BCUT2D eigenvalue weighted by Gasteiger charge is 2.43. The molecule has 0 aliphatic carbocycles. The third kappa shape index (κ3) is 4.16. The summed E-state index contributed by atoms with van der Waals surface area (Å²) < 4.78 is 35.1. The Balaban J connectivity index is 1.29. The predicted octanol–water partition coefficient (Wildman–Crippen LogP) is 2.29. The Morgan fingerprint density at radius 1 is 1.00 bits per heavy atom. The van der Waals surface area contributed by atoms with E-state index in [2.05, 4.69) is 19.4 Å². The highest BCUT2D eigenvalue weighted by Crippen LogP contribution is 2.41. The lowest BCUT2D eigenvalue weighted by Gasteiger charge is -2.34. The number of nitrogens with zero attached hydrogens (tertiary/aromatic N) is 3. The highest BCUT2D eigenvalue weighted by atomic mass is 19.3. The Bertz CT molecular complexity index is 824. The fourth-order valence-electron chi connectivity index (χ4n) is 3.29. The summed E-state index contributed by atoms with van der Waals surface area (Å²) in [6.07, 6.45) is 0.143. The topological polar surface area (TPSA) is 54.9 Å². The Morgan fingerprint density at radius 3 is 2.44 bits per heavy atom. The van der Waals surface area contributed by atoms with E-state index < -0.39 is 6.29 Å². The van der Waals surface area contributed by atoms with Crippen LogP contribution in [0.3, 0.4) is 0 Å². The molecular weight excluding hydrogens is 356 g/mol. The lowest BCUT2D eigenvalue weighted by atomic mass is 10.1. The fourth-order valence-corrected chi connectivity index (χ4v) is 3.29. The summed E-state index contributed by atoms with van der Waals surface area (Å²) in [5.74, 6) is 0.213. The van der Waals surface area contributed by atoms with E-state index in [0.29, 0.717) is 26.1 Å². The van der Waals surface area contributed by atoms with Crippen molar-refractivity contribution in [2.45, 2.75) is 19.3 Å². The van der Waals surface area contributed by atoms with Crippen molar-refractivity contribution in [3.8, 4) is 11.5 Å². The maximum absolute atomic E-state index is 13.1. The maximum atomic E-state index is 13.1. The van der Waals surface area contributed by atoms with Gasteiger partial charge in [0.05, 0.1) is 6.42 Å². The summed E-state index contributed by atoms with van der Waals surface area (Å²) in [5.41, 5.74) is 1.82. The minimum Gasteiger partial charge on any atom is -0.395 e. The van der Waals surface area contributed by atoms with Crippen LogP contribution in [0, 0.1) is 0 Å². The van der Waals surface area contributed by atoms with Crippen molar-refractivity contribution < 1.29 is 23.0 Å². The monoisotopic (exact) mass is 375 g/mol. The van der Waals surface area contributed by atoms with Crippen LogP contribution in [0.4, 0.5) is 8.78 Å². The Kier molecular flexibility index (Phi) is 4.65. The number of piperazine rings is 1. The maximum Gasteiger partial charge on any atom is 0.586 e. The molecule has 0 radical (unpaired) electrons. The standard InChI is InChI=1S/C19H19F2N3O3/c20-19(21)26-16-2-1-15(11-17(16)27-19)13-23-7-9-24(10-8-23)18(25)12-14-3-5-22-6-4-14/h1-6,11H,7-10,12-13H2. The normalized spacial score (nSPS) is 18.5. The molecule has 1 aromatic heterocycles. The van der Waals surface area contributed by atoms with Crippen molar-refractivity contribution in [3.05, 3.63) is 53.9 Å². The first-order valence-corrected chi connectivity index (χ1v) is 8.76. The van der Waals surface area contributed by atoms with Gasteiger partial charge in [-0.3, -0.25) is 14.7 Å². The zero-order valence-electron chi connectivity index (χ0n) is 14.6. The molecule has 0 atom stereocenters. The van der Waals surface area contributed by atoms with Crippen LogP contribution in [0.5, 0.6) is 11.5 Å². The fraction of sp³-hybridized carbons (Fsp3) is 0.368. The van der Waals surface area contributed by atoms with Crippen molar-refractivity contribution in [2.24, 2.45) is 0 Å². The molecule has 3 heterocycles. The van der Waals surface area contributed by atoms with Crippen LogP contribution in [-0.2, 0) is 17.8 Å². The van der Waals surface area contributed by atoms with Crippen LogP contribution in [-0.4, -0.2) is 53.2 Å². The summed E-state index contributed by atoms with van der Waals surface area (Å²) in [6.45, 7) is 3.35. The SMILES string of the molecule is O=C(Cc1ccncc1)N1CCN(Cc2ccc3c(c2)OC(F)(F)O3)CC1. The summed E-state index contributed by atoms with van der Waals surface area (Å²) in [6, 6.07) is 8.52. The average Bonchev–Trinajstić information content (AvgIpc) is 2.96. The number of carbonyl (C=O) groups excluding carboxylic acids is 1. The number of halogens is 2. The van der Waals surface area contributed by atoms with Gasteiger partial charge in [-0.2, -0.15) is 0 Å². The Labute approximate surface area is 155 Å². The van der Waals surface area contributed by atoms with E-state index in [1.165, 1.54) is 6.07 Å². The molecule has 4 rings (SSSR count). The Morgan fingerprint density at radius 2 is 1.70 bits per heavy atom. The second-order valence-corrected chi connectivity index (χ2v) is 6.64. The third-order valence-electron chi connectivity index (χ3n) is 4.70. The van der Waals surface area contributed by atoms with Crippen LogP contribution in [0.25, 0.3) is 0 Å². The van der Waals surface area contributed by atoms with Gasteiger partial charge in [0.2, 0.25) is 5.91 Å². The highest BCUT2D eigenvalue weighted by molar-refractivity contribution is 5.78. The van der Waals surface area contributed by atoms with Crippen LogP contribution < -0.4 is 9.47 Å². The molecule has 2 aromatic rings. The smallest absolute Gasteiger partial charge is 0.395 e. The molecule has 8 heteroatoms. The van der Waals surface area contributed by atoms with E-state index in [-0.39, 0.29) is 17.4 Å². The number of hydrogen-bond donors (Lipinski definition) is 0. The van der Waals surface area contributed by atoms with Gasteiger partial charge in [0.15, 0.2) is 11.5 Å². The van der Waals surface area contributed by atoms with Gasteiger partial charge in [0.25, 0.3) is 0 Å². The van der Waals surface area contributed by atoms with E-state index in [1.807, 2.05) is 17.0 Å². The predicted molar refractivity (Wildman–Crippen MR) is 92.4 cm³/mol. The van der Waals surface area contributed by atoms with Crippen molar-refractivity contribution in [1.82, 2.24) is 14.8 Å². The molecule has 27 heavy (non-hydrogen) atoms. The second-order valence-electron chi connectivity index (χ2n) is 6.64. The summed E-state index contributed by atoms with van der Waals surface area (Å²) in [4.78, 5) is 20.4. The zero-order valence-corrected chi connectivity index (χ0v) is 14.6. The Hall–Kier alpha value is -2.74. The summed E-state index contributed by atoms with van der Waals surface area (Å²) in [7, 11) is 0. The lowest BCUT2D eigenvalue weighted by Crippen LogP contribution is -2.48. The molecule has 0 bridgehead atoms. The molecule has 1 fully saturated rings. The molecule has 6 nitrogen and oxygen atoms in total. The van der Waals surface area contributed by atoms with Gasteiger partial charge in [-0.1, -0.05) is 6.07 Å². The zero-order chi connectivity index (χ0) is 18.9. The first-order valence-electron chi connectivity index (χ1n) is 8.76. The van der Waals surface area contributed by atoms with E-state index >= 15 is 0 Å². The first-order chi connectivity index (χ1) is 13.0. The molecule has 142 valence electrons. The minimum atomic E-state index is -3.60. The van der Waals surface area contributed by atoms with E-state index in [1.54, 1.807) is 24.5 Å². The van der Waals surface area contributed by atoms with Gasteiger partial charge in [0.1, 0.15) is 0 Å². The van der Waals surface area contributed by atoms with Crippen LogP contribution in [0.1, 0.15) is 11.1 Å². The van der Waals surface area contributed by atoms with Gasteiger partial charge >= 0.3 is 6.29 Å². The molecular formula is C19H19F2N3O3. The number of fused-ring (bicyclic) bond motifs is 1. The number of amides is 1. The number of hydrogen-bond acceptors (Lipinski definition) is 5. The molecule has 1 amide bonds. The second kappa shape index (κ2) is 7.11. The molecule has 0 saturated carbocycles. The molecule has 0 spiro atoms. The van der Waals surface area contributed by atoms with Gasteiger partial charge < -0.3 is 14.4 Å². The number of benzene rings is 1. The third-order valence-corrected chi connectivity index (χ3v) is 4.70. The van der Waals surface area contributed by atoms with E-state index in [9.17, 15) is 13.6 Å². The van der Waals surface area contributed by atoms with Crippen molar-refractivity contribution >= 4 is 5.91 Å². The molecule has 0 N–H and O–H groups in total. The molecule has 2 aliphatic rings.